The van der Waals surface area contributed by atoms with E-state index in [1.54, 1.807) is 23.7 Å². The average Bonchev–Trinajstić information content (AvgIpc) is 3.20. The second-order valence-electron chi connectivity index (χ2n) is 6.40. The predicted octanol–water partition coefficient (Wildman–Crippen LogP) is 3.18. The van der Waals surface area contributed by atoms with Crippen LogP contribution in [0.4, 0.5) is 0 Å². The fourth-order valence-corrected chi connectivity index (χ4v) is 4.18. The number of rotatable bonds is 3. The Morgan fingerprint density at radius 1 is 1.38 bits per heavy atom. The van der Waals surface area contributed by atoms with Crippen LogP contribution in [0, 0.1) is 0 Å². The maximum absolute atomic E-state index is 12.4. The second kappa shape index (κ2) is 6.03. The van der Waals surface area contributed by atoms with E-state index in [0.717, 1.165) is 28.6 Å². The highest BCUT2D eigenvalue weighted by Gasteiger charge is 2.35. The van der Waals surface area contributed by atoms with Crippen LogP contribution in [0.25, 0.3) is 10.2 Å². The molecule has 0 spiro atoms. The monoisotopic (exact) mass is 341 g/mol. The Balaban J connectivity index is 1.39. The molecule has 0 aromatic carbocycles. The lowest BCUT2D eigenvalue weighted by Crippen LogP contribution is -2.42. The number of carbonyl (C=O) groups excluding carboxylic acids is 1. The Bertz CT molecular complexity index is 819. The van der Waals surface area contributed by atoms with E-state index < -0.39 is 5.60 Å². The third-order valence-electron chi connectivity index (χ3n) is 4.83. The van der Waals surface area contributed by atoms with Crippen molar-refractivity contribution in [3.63, 3.8) is 0 Å². The first-order chi connectivity index (χ1) is 11.6. The zero-order valence-electron chi connectivity index (χ0n) is 13.2. The van der Waals surface area contributed by atoms with Gasteiger partial charge in [-0.15, -0.1) is 11.3 Å². The number of H-pyrrole nitrogens is 1. The fourth-order valence-electron chi connectivity index (χ4n) is 3.40. The van der Waals surface area contributed by atoms with Gasteiger partial charge < -0.3 is 15.4 Å². The van der Waals surface area contributed by atoms with Crippen molar-refractivity contribution in [3.05, 3.63) is 53.3 Å². The summed E-state index contributed by atoms with van der Waals surface area (Å²) in [6.45, 7) is 0. The van der Waals surface area contributed by atoms with Crippen molar-refractivity contribution in [2.24, 2.45) is 0 Å². The molecule has 4 rings (SSSR count). The molecule has 0 aliphatic heterocycles. The summed E-state index contributed by atoms with van der Waals surface area (Å²) in [5, 5.41) is 15.9. The lowest BCUT2D eigenvalue weighted by molar-refractivity contribution is -0.00833. The lowest BCUT2D eigenvalue weighted by atomic mass is 9.78. The smallest absolute Gasteiger partial charge is 0.267 e. The average molecular weight is 341 g/mol. The largest absolute Gasteiger partial charge is 0.385 e. The van der Waals surface area contributed by atoms with E-state index >= 15 is 0 Å². The molecule has 0 bridgehead atoms. The molecule has 0 saturated heterocycles. The minimum absolute atomic E-state index is 0.0739. The predicted molar refractivity (Wildman–Crippen MR) is 94.0 cm³/mol. The number of thiophene rings is 1. The number of fused-ring (bicyclic) bond motifs is 1. The minimum Gasteiger partial charge on any atom is -0.385 e. The molecule has 3 aromatic heterocycles. The molecule has 1 fully saturated rings. The van der Waals surface area contributed by atoms with Crippen molar-refractivity contribution in [1.82, 2.24) is 15.3 Å². The van der Waals surface area contributed by atoms with Gasteiger partial charge in [-0.25, -0.2) is 0 Å². The highest BCUT2D eigenvalue weighted by molar-refractivity contribution is 7.17. The molecule has 6 heteroatoms. The van der Waals surface area contributed by atoms with Crippen LogP contribution in [0.15, 0.2) is 42.0 Å². The third kappa shape index (κ3) is 2.83. The Hall–Kier alpha value is -2.18. The summed E-state index contributed by atoms with van der Waals surface area (Å²) in [5.74, 6) is -0.0739. The minimum atomic E-state index is -0.829. The van der Waals surface area contributed by atoms with E-state index in [-0.39, 0.29) is 11.9 Å². The highest BCUT2D eigenvalue weighted by Crippen LogP contribution is 2.36. The van der Waals surface area contributed by atoms with E-state index in [0.29, 0.717) is 18.5 Å². The van der Waals surface area contributed by atoms with Crippen molar-refractivity contribution in [3.8, 4) is 0 Å². The summed E-state index contributed by atoms with van der Waals surface area (Å²) in [5.41, 5.74) is 1.63. The van der Waals surface area contributed by atoms with Gasteiger partial charge in [0.1, 0.15) is 5.69 Å². The molecule has 3 N–H and O–H groups in total. The van der Waals surface area contributed by atoms with Crippen LogP contribution in [-0.4, -0.2) is 27.0 Å². The van der Waals surface area contributed by atoms with Gasteiger partial charge in [-0.2, -0.15) is 0 Å². The molecule has 3 aromatic rings. The Morgan fingerprint density at radius 3 is 2.92 bits per heavy atom. The number of aromatic nitrogens is 2. The summed E-state index contributed by atoms with van der Waals surface area (Å²) in [6, 6.07) is 7.72. The zero-order chi connectivity index (χ0) is 16.6. The van der Waals surface area contributed by atoms with Gasteiger partial charge in [0.15, 0.2) is 0 Å². The van der Waals surface area contributed by atoms with Gasteiger partial charge in [-0.3, -0.25) is 9.78 Å². The Labute approximate surface area is 143 Å². The number of nitrogens with zero attached hydrogens (tertiary/aromatic N) is 1. The molecule has 1 amide bonds. The van der Waals surface area contributed by atoms with Crippen molar-refractivity contribution in [1.29, 1.82) is 0 Å². The first-order valence-electron chi connectivity index (χ1n) is 8.14. The summed E-state index contributed by atoms with van der Waals surface area (Å²) in [4.78, 5) is 19.6. The van der Waals surface area contributed by atoms with Gasteiger partial charge in [0.05, 0.1) is 15.8 Å². The molecule has 1 aliphatic rings. The van der Waals surface area contributed by atoms with Gasteiger partial charge in [0.2, 0.25) is 0 Å². The molecule has 0 radical (unpaired) electrons. The highest BCUT2D eigenvalue weighted by atomic mass is 32.1. The normalized spacial score (nSPS) is 24.1. The molecule has 1 saturated carbocycles. The summed E-state index contributed by atoms with van der Waals surface area (Å²) >= 11 is 1.62. The van der Waals surface area contributed by atoms with Crippen LogP contribution < -0.4 is 5.32 Å². The number of amides is 1. The van der Waals surface area contributed by atoms with Gasteiger partial charge in [-0.1, -0.05) is 6.07 Å². The number of carbonyl (C=O) groups is 1. The lowest BCUT2D eigenvalue weighted by Gasteiger charge is -2.36. The van der Waals surface area contributed by atoms with E-state index in [4.69, 9.17) is 0 Å². The Morgan fingerprint density at radius 2 is 2.21 bits per heavy atom. The quantitative estimate of drug-likeness (QED) is 0.685. The van der Waals surface area contributed by atoms with Gasteiger partial charge in [-0.05, 0) is 49.3 Å². The first-order valence-corrected chi connectivity index (χ1v) is 9.02. The summed E-state index contributed by atoms with van der Waals surface area (Å²) in [6.07, 6.45) is 6.20. The second-order valence-corrected chi connectivity index (χ2v) is 7.35. The molecule has 5 nitrogen and oxygen atoms in total. The zero-order valence-corrected chi connectivity index (χ0v) is 14.0. The van der Waals surface area contributed by atoms with Crippen LogP contribution in [0.2, 0.25) is 0 Å². The number of pyridine rings is 1. The molecule has 3 heterocycles. The van der Waals surface area contributed by atoms with Crippen LogP contribution in [0.1, 0.15) is 41.7 Å². The van der Waals surface area contributed by atoms with E-state index in [2.05, 4.69) is 15.3 Å². The molecular weight excluding hydrogens is 322 g/mol. The molecule has 1 aliphatic carbocycles. The van der Waals surface area contributed by atoms with Crippen molar-refractivity contribution < 1.29 is 9.90 Å². The molecule has 124 valence electrons. The summed E-state index contributed by atoms with van der Waals surface area (Å²) < 4.78 is 1.09. The topological polar surface area (TPSA) is 78.0 Å². The number of aromatic amines is 1. The SMILES string of the molecule is O=C(NC1CCC(O)(c2cccnc2)CC1)c1cc2sccc2[nH]1. The van der Waals surface area contributed by atoms with Gasteiger partial charge in [0, 0.05) is 24.0 Å². The molecule has 0 atom stereocenters. The maximum atomic E-state index is 12.4. The number of hydrogen-bond donors (Lipinski definition) is 3. The molecule has 0 unspecified atom stereocenters. The van der Waals surface area contributed by atoms with Crippen LogP contribution >= 0.6 is 11.3 Å². The van der Waals surface area contributed by atoms with Crippen molar-refractivity contribution in [2.45, 2.75) is 37.3 Å². The fraction of sp³-hybridized carbons (Fsp3) is 0.333. The Kier molecular flexibility index (Phi) is 3.86. The van der Waals surface area contributed by atoms with Crippen LogP contribution in [0.3, 0.4) is 0 Å². The van der Waals surface area contributed by atoms with E-state index in [1.165, 1.54) is 0 Å². The van der Waals surface area contributed by atoms with E-state index in [1.807, 2.05) is 29.6 Å². The van der Waals surface area contributed by atoms with Crippen LogP contribution in [0.5, 0.6) is 0 Å². The van der Waals surface area contributed by atoms with Gasteiger partial charge in [0.25, 0.3) is 5.91 Å². The third-order valence-corrected chi connectivity index (χ3v) is 5.70. The van der Waals surface area contributed by atoms with Gasteiger partial charge >= 0.3 is 0 Å². The maximum Gasteiger partial charge on any atom is 0.267 e. The summed E-state index contributed by atoms with van der Waals surface area (Å²) in [7, 11) is 0. The number of aliphatic hydroxyl groups is 1. The number of hydrogen-bond acceptors (Lipinski definition) is 4. The van der Waals surface area contributed by atoms with Crippen LogP contribution in [-0.2, 0) is 5.60 Å². The standard InChI is InChI=1S/C18H19N3O2S/c22-17(15-10-16-14(21-15)5-9-24-16)20-13-3-6-18(23,7-4-13)12-2-1-8-19-11-12/h1-2,5,8-11,13,21,23H,3-4,6-7H2,(H,20,22). The number of nitrogens with one attached hydrogen (secondary N) is 2. The first kappa shape index (κ1) is 15.4. The molecule has 24 heavy (non-hydrogen) atoms. The van der Waals surface area contributed by atoms with Crippen molar-refractivity contribution >= 4 is 27.5 Å². The molecular formula is C18H19N3O2S. The van der Waals surface area contributed by atoms with Crippen molar-refractivity contribution in [2.75, 3.05) is 0 Å². The van der Waals surface area contributed by atoms with E-state index in [9.17, 15) is 9.90 Å².